The molecule has 0 fully saturated rings. The molecule has 1 aromatic carbocycles. The van der Waals surface area contributed by atoms with Gasteiger partial charge in [-0.05, 0) is 11.6 Å². The number of hydrogen-bond donors (Lipinski definition) is 0. The minimum absolute atomic E-state index is 0.0335. The van der Waals surface area contributed by atoms with Crippen molar-refractivity contribution in [2.75, 3.05) is 19.3 Å². The zero-order chi connectivity index (χ0) is 15.5. The van der Waals surface area contributed by atoms with E-state index < -0.39 is 0 Å². The van der Waals surface area contributed by atoms with Gasteiger partial charge in [0.15, 0.2) is 5.16 Å². The number of para-hydroxylation sites is 1. The second-order valence-corrected chi connectivity index (χ2v) is 6.28. The van der Waals surface area contributed by atoms with E-state index in [0.29, 0.717) is 12.3 Å². The molecule has 116 valence electrons. The minimum Gasteiger partial charge on any atom is -0.488 e. The van der Waals surface area contributed by atoms with Crippen LogP contribution in [-0.2, 0) is 18.3 Å². The van der Waals surface area contributed by atoms with Crippen molar-refractivity contribution < 1.29 is 9.53 Å². The van der Waals surface area contributed by atoms with E-state index in [1.165, 1.54) is 17.3 Å². The Hall–Kier alpha value is -2.02. The Morgan fingerprint density at radius 2 is 2.32 bits per heavy atom. The number of carbonyl (C=O) groups excluding carboxylic acids is 1. The van der Waals surface area contributed by atoms with E-state index in [1.807, 2.05) is 32.3 Å². The Bertz CT molecular complexity index is 648. The molecule has 2 heterocycles. The molecule has 3 rings (SSSR count). The summed E-state index contributed by atoms with van der Waals surface area (Å²) in [4.78, 5) is 13.9. The van der Waals surface area contributed by atoms with Crippen molar-refractivity contribution in [3.63, 3.8) is 0 Å². The van der Waals surface area contributed by atoms with Crippen LogP contribution in [0.3, 0.4) is 0 Å². The van der Waals surface area contributed by atoms with Crippen molar-refractivity contribution >= 4 is 17.7 Å². The van der Waals surface area contributed by atoms with Crippen LogP contribution in [0.25, 0.3) is 0 Å². The highest BCUT2D eigenvalue weighted by atomic mass is 32.2. The third-order valence-corrected chi connectivity index (χ3v) is 4.63. The first-order chi connectivity index (χ1) is 10.6. The Balaban J connectivity index is 1.49. The first kappa shape index (κ1) is 14.9. The Morgan fingerprint density at radius 1 is 1.50 bits per heavy atom. The number of amides is 1. The van der Waals surface area contributed by atoms with Gasteiger partial charge in [0.05, 0.1) is 12.3 Å². The first-order valence-electron chi connectivity index (χ1n) is 7.09. The van der Waals surface area contributed by atoms with Crippen molar-refractivity contribution in [3.8, 4) is 5.75 Å². The highest BCUT2D eigenvalue weighted by Crippen LogP contribution is 2.28. The number of carbonyl (C=O) groups is 1. The fourth-order valence-corrected chi connectivity index (χ4v) is 3.23. The molecule has 1 aliphatic heterocycles. The number of ether oxygens (including phenoxy) is 1. The van der Waals surface area contributed by atoms with Crippen molar-refractivity contribution in [1.82, 2.24) is 19.7 Å². The number of thioether (sulfide) groups is 1. The van der Waals surface area contributed by atoms with Crippen LogP contribution in [0.2, 0.25) is 0 Å². The van der Waals surface area contributed by atoms with E-state index in [2.05, 4.69) is 16.3 Å². The van der Waals surface area contributed by atoms with Crippen LogP contribution >= 0.6 is 11.8 Å². The molecule has 0 radical (unpaired) electrons. The fourth-order valence-electron chi connectivity index (χ4n) is 2.40. The van der Waals surface area contributed by atoms with Gasteiger partial charge in [0.2, 0.25) is 5.91 Å². The average Bonchev–Trinajstić information content (AvgIpc) is 3.10. The van der Waals surface area contributed by atoms with E-state index in [4.69, 9.17) is 4.74 Å². The molecule has 0 N–H and O–H groups in total. The van der Waals surface area contributed by atoms with Crippen molar-refractivity contribution in [2.24, 2.45) is 7.05 Å². The van der Waals surface area contributed by atoms with E-state index in [1.54, 1.807) is 15.8 Å². The molecule has 2 aromatic rings. The van der Waals surface area contributed by atoms with Gasteiger partial charge in [-0.15, -0.1) is 10.2 Å². The number of benzene rings is 1. The molecule has 1 aliphatic rings. The Morgan fingerprint density at radius 3 is 3.05 bits per heavy atom. The largest absolute Gasteiger partial charge is 0.488 e. The van der Waals surface area contributed by atoms with Crippen LogP contribution < -0.4 is 4.74 Å². The van der Waals surface area contributed by atoms with Crippen LogP contribution in [-0.4, -0.2) is 51.0 Å². The van der Waals surface area contributed by atoms with E-state index in [9.17, 15) is 4.79 Å². The summed E-state index contributed by atoms with van der Waals surface area (Å²) in [5.74, 6) is 1.34. The zero-order valence-corrected chi connectivity index (χ0v) is 13.4. The van der Waals surface area contributed by atoms with E-state index in [-0.39, 0.29) is 12.0 Å². The predicted molar refractivity (Wildman–Crippen MR) is 83.9 cm³/mol. The molecule has 1 atom stereocenters. The lowest BCUT2D eigenvalue weighted by Crippen LogP contribution is -2.37. The summed E-state index contributed by atoms with van der Waals surface area (Å²) < 4.78 is 7.67. The molecule has 1 aromatic heterocycles. The minimum atomic E-state index is 0.0335. The number of likely N-dealkylation sites (N-methyl/N-ethyl adjacent to an activating group) is 1. The molecule has 0 saturated carbocycles. The monoisotopic (exact) mass is 318 g/mol. The summed E-state index contributed by atoms with van der Waals surface area (Å²) in [5, 5.41) is 8.50. The second kappa shape index (κ2) is 6.39. The summed E-state index contributed by atoms with van der Waals surface area (Å²) in [6, 6.07) is 8.02. The summed E-state index contributed by atoms with van der Waals surface area (Å²) in [5.41, 5.74) is 1.21. The standard InChI is InChI=1S/C15H18N4O2S/c1-18(14(20)9-22-15-17-16-10-19(15)2)8-12-7-11-5-3-4-6-13(11)21-12/h3-6,10,12H,7-9H2,1-2H3/t12-/m1/s1. The number of fused-ring (bicyclic) bond motifs is 1. The normalized spacial score (nSPS) is 16.2. The lowest BCUT2D eigenvalue weighted by atomic mass is 10.1. The van der Waals surface area contributed by atoms with Gasteiger partial charge in [-0.1, -0.05) is 30.0 Å². The summed E-state index contributed by atoms with van der Waals surface area (Å²) >= 11 is 1.39. The maximum absolute atomic E-state index is 12.2. The molecule has 0 bridgehead atoms. The third-order valence-electron chi connectivity index (χ3n) is 3.61. The van der Waals surface area contributed by atoms with Crippen LogP contribution in [0.4, 0.5) is 0 Å². The van der Waals surface area contributed by atoms with Gasteiger partial charge in [0.25, 0.3) is 0 Å². The lowest BCUT2D eigenvalue weighted by molar-refractivity contribution is -0.128. The Kier molecular flexibility index (Phi) is 4.33. The lowest BCUT2D eigenvalue weighted by Gasteiger charge is -2.20. The number of aromatic nitrogens is 3. The van der Waals surface area contributed by atoms with Gasteiger partial charge in [0.1, 0.15) is 18.2 Å². The molecule has 1 amide bonds. The van der Waals surface area contributed by atoms with Crippen molar-refractivity contribution in [2.45, 2.75) is 17.7 Å². The fraction of sp³-hybridized carbons (Fsp3) is 0.400. The molecule has 0 spiro atoms. The van der Waals surface area contributed by atoms with Gasteiger partial charge in [-0.25, -0.2) is 0 Å². The highest BCUT2D eigenvalue weighted by molar-refractivity contribution is 7.99. The molecule has 0 unspecified atom stereocenters. The van der Waals surface area contributed by atoms with E-state index >= 15 is 0 Å². The molecule has 7 heteroatoms. The molecular formula is C15H18N4O2S. The number of hydrogen-bond acceptors (Lipinski definition) is 5. The van der Waals surface area contributed by atoms with Crippen LogP contribution in [0.5, 0.6) is 5.75 Å². The molecular weight excluding hydrogens is 300 g/mol. The summed E-state index contributed by atoms with van der Waals surface area (Å²) in [7, 11) is 3.67. The van der Waals surface area contributed by atoms with Crippen LogP contribution in [0, 0.1) is 0 Å². The average molecular weight is 318 g/mol. The third kappa shape index (κ3) is 3.24. The smallest absolute Gasteiger partial charge is 0.232 e. The predicted octanol–water partition coefficient (Wildman–Crippen LogP) is 1.37. The quantitative estimate of drug-likeness (QED) is 0.779. The summed E-state index contributed by atoms with van der Waals surface area (Å²) in [6.07, 6.45) is 2.51. The number of nitrogens with zero attached hydrogens (tertiary/aromatic N) is 4. The molecule has 0 aliphatic carbocycles. The molecule has 6 nitrogen and oxygen atoms in total. The maximum Gasteiger partial charge on any atom is 0.232 e. The maximum atomic E-state index is 12.2. The SMILES string of the molecule is CN(C[C@H]1Cc2ccccc2O1)C(=O)CSc1nncn1C. The topological polar surface area (TPSA) is 60.2 Å². The van der Waals surface area contributed by atoms with Crippen LogP contribution in [0.1, 0.15) is 5.56 Å². The highest BCUT2D eigenvalue weighted by Gasteiger charge is 2.25. The zero-order valence-electron chi connectivity index (χ0n) is 12.6. The van der Waals surface area contributed by atoms with Gasteiger partial charge < -0.3 is 14.2 Å². The van der Waals surface area contributed by atoms with Gasteiger partial charge >= 0.3 is 0 Å². The molecule has 22 heavy (non-hydrogen) atoms. The van der Waals surface area contributed by atoms with Crippen LogP contribution in [0.15, 0.2) is 35.7 Å². The van der Waals surface area contributed by atoms with Crippen molar-refractivity contribution in [1.29, 1.82) is 0 Å². The van der Waals surface area contributed by atoms with Gasteiger partial charge in [-0.2, -0.15) is 0 Å². The van der Waals surface area contributed by atoms with Gasteiger partial charge in [0, 0.05) is 20.5 Å². The first-order valence-corrected chi connectivity index (χ1v) is 8.07. The summed E-state index contributed by atoms with van der Waals surface area (Å²) in [6.45, 7) is 0.590. The van der Waals surface area contributed by atoms with E-state index in [0.717, 1.165) is 17.3 Å². The number of rotatable bonds is 5. The van der Waals surface area contributed by atoms with Gasteiger partial charge in [-0.3, -0.25) is 4.79 Å². The Labute approximate surface area is 133 Å². The number of aryl methyl sites for hydroxylation is 1. The van der Waals surface area contributed by atoms with Crippen molar-refractivity contribution in [3.05, 3.63) is 36.2 Å². The molecule has 0 saturated heterocycles. The second-order valence-electron chi connectivity index (χ2n) is 5.34.